The van der Waals surface area contributed by atoms with E-state index in [1.165, 1.54) is 0 Å². The van der Waals surface area contributed by atoms with Crippen molar-refractivity contribution in [2.45, 2.75) is 19.4 Å². The van der Waals surface area contributed by atoms with Crippen LogP contribution in [0, 0.1) is 0 Å². The first kappa shape index (κ1) is 17.4. The lowest BCUT2D eigenvalue weighted by Crippen LogP contribution is -2.32. The number of imidazole rings is 1. The third-order valence-corrected chi connectivity index (χ3v) is 3.85. The van der Waals surface area contributed by atoms with Crippen molar-refractivity contribution in [1.29, 1.82) is 0 Å². The first-order chi connectivity index (χ1) is 12.7. The van der Waals surface area contributed by atoms with Crippen molar-refractivity contribution in [2.24, 2.45) is 0 Å². The molecular weight excluding hydrogens is 330 g/mol. The predicted molar refractivity (Wildman–Crippen MR) is 98.6 cm³/mol. The van der Waals surface area contributed by atoms with Gasteiger partial charge in [-0.15, -0.1) is 0 Å². The Morgan fingerprint density at radius 2 is 1.85 bits per heavy atom. The molecule has 1 heterocycles. The van der Waals surface area contributed by atoms with Crippen LogP contribution in [0.25, 0.3) is 11.4 Å². The molecule has 0 radical (unpaired) electrons. The van der Waals surface area contributed by atoms with Crippen molar-refractivity contribution < 1.29 is 14.3 Å². The molecule has 0 spiro atoms. The summed E-state index contributed by atoms with van der Waals surface area (Å²) >= 11 is 0. The number of amides is 1. The minimum atomic E-state index is -0.854. The molecule has 1 aromatic heterocycles. The van der Waals surface area contributed by atoms with Crippen LogP contribution in [-0.4, -0.2) is 27.9 Å². The van der Waals surface area contributed by atoms with Crippen LogP contribution in [0.15, 0.2) is 67.0 Å². The van der Waals surface area contributed by atoms with Crippen molar-refractivity contribution in [3.05, 3.63) is 72.6 Å². The van der Waals surface area contributed by atoms with Gasteiger partial charge in [0.15, 0.2) is 6.10 Å². The third-order valence-electron chi connectivity index (χ3n) is 3.85. The molecule has 3 aromatic rings. The highest BCUT2D eigenvalue weighted by atomic mass is 16.5. The number of rotatable bonds is 6. The lowest BCUT2D eigenvalue weighted by atomic mass is 10.1. The van der Waals surface area contributed by atoms with Gasteiger partial charge in [0, 0.05) is 23.6 Å². The lowest BCUT2D eigenvalue weighted by Gasteiger charge is -2.16. The van der Waals surface area contributed by atoms with Crippen molar-refractivity contribution in [1.82, 2.24) is 9.97 Å². The number of H-pyrrole nitrogens is 1. The summed E-state index contributed by atoms with van der Waals surface area (Å²) in [5.41, 5.74) is 1.90. The number of nitrogens with zero attached hydrogens (tertiary/aromatic N) is 1. The number of esters is 1. The number of carbonyl (C=O) groups excluding carboxylic acids is 2. The van der Waals surface area contributed by atoms with Gasteiger partial charge < -0.3 is 15.0 Å². The van der Waals surface area contributed by atoms with Crippen molar-refractivity contribution in [2.75, 3.05) is 5.32 Å². The second-order valence-corrected chi connectivity index (χ2v) is 5.67. The monoisotopic (exact) mass is 349 g/mol. The molecule has 0 saturated carbocycles. The minimum absolute atomic E-state index is 0.348. The normalized spacial score (nSPS) is 11.6. The van der Waals surface area contributed by atoms with E-state index in [0.29, 0.717) is 17.7 Å². The van der Waals surface area contributed by atoms with Crippen LogP contribution in [0.1, 0.15) is 23.7 Å². The fourth-order valence-corrected chi connectivity index (χ4v) is 2.45. The van der Waals surface area contributed by atoms with Crippen LogP contribution in [0.5, 0.6) is 0 Å². The van der Waals surface area contributed by atoms with E-state index in [2.05, 4.69) is 15.3 Å². The average molecular weight is 349 g/mol. The fraction of sp³-hybridized carbons (Fsp3) is 0.150. The van der Waals surface area contributed by atoms with Crippen LogP contribution in [0.2, 0.25) is 0 Å². The van der Waals surface area contributed by atoms with E-state index in [1.807, 2.05) is 18.2 Å². The highest BCUT2D eigenvalue weighted by molar-refractivity contribution is 5.97. The molecule has 0 aliphatic carbocycles. The summed E-state index contributed by atoms with van der Waals surface area (Å²) < 4.78 is 5.38. The average Bonchev–Trinajstić information content (AvgIpc) is 3.21. The summed E-state index contributed by atoms with van der Waals surface area (Å²) in [5.74, 6) is -0.163. The molecule has 1 atom stereocenters. The number of para-hydroxylation sites is 1. The first-order valence-electron chi connectivity index (χ1n) is 8.34. The van der Waals surface area contributed by atoms with Gasteiger partial charge in [0.2, 0.25) is 0 Å². The number of hydrogen-bond acceptors (Lipinski definition) is 4. The molecule has 2 N–H and O–H groups in total. The van der Waals surface area contributed by atoms with Gasteiger partial charge in [0.1, 0.15) is 5.82 Å². The van der Waals surface area contributed by atoms with Gasteiger partial charge in [-0.2, -0.15) is 0 Å². The molecule has 0 saturated heterocycles. The van der Waals surface area contributed by atoms with Crippen LogP contribution < -0.4 is 5.32 Å². The molecule has 6 nitrogen and oxygen atoms in total. The van der Waals surface area contributed by atoms with Gasteiger partial charge in [0.25, 0.3) is 5.91 Å². The van der Waals surface area contributed by atoms with E-state index in [-0.39, 0.29) is 5.91 Å². The zero-order valence-corrected chi connectivity index (χ0v) is 14.3. The number of anilines is 1. The Hall–Kier alpha value is -3.41. The van der Waals surface area contributed by atoms with E-state index < -0.39 is 12.1 Å². The topological polar surface area (TPSA) is 84.1 Å². The molecule has 1 amide bonds. The SMILES string of the molecule is CCC(OC(=O)c1ccc(-c2ncc[nH]2)cc1)C(=O)Nc1ccccc1. The quantitative estimate of drug-likeness (QED) is 0.665. The van der Waals surface area contributed by atoms with E-state index in [9.17, 15) is 9.59 Å². The Kier molecular flexibility index (Phi) is 5.43. The maximum Gasteiger partial charge on any atom is 0.338 e. The summed E-state index contributed by atoms with van der Waals surface area (Å²) in [7, 11) is 0. The van der Waals surface area contributed by atoms with Gasteiger partial charge in [-0.3, -0.25) is 4.79 Å². The minimum Gasteiger partial charge on any atom is -0.449 e. The molecule has 3 rings (SSSR count). The molecule has 2 aromatic carbocycles. The number of aromatic nitrogens is 2. The number of aromatic amines is 1. The molecule has 0 aliphatic rings. The van der Waals surface area contributed by atoms with Crippen molar-refractivity contribution in [3.8, 4) is 11.4 Å². The van der Waals surface area contributed by atoms with Crippen molar-refractivity contribution in [3.63, 3.8) is 0 Å². The van der Waals surface area contributed by atoms with Gasteiger partial charge in [-0.1, -0.05) is 37.3 Å². The molecule has 132 valence electrons. The third kappa shape index (κ3) is 4.16. The largest absolute Gasteiger partial charge is 0.449 e. The summed E-state index contributed by atoms with van der Waals surface area (Å²) in [6.07, 6.45) is 2.92. The summed E-state index contributed by atoms with van der Waals surface area (Å²) in [6, 6.07) is 15.9. The Bertz CT molecular complexity index is 859. The predicted octanol–water partition coefficient (Wildman–Crippen LogP) is 3.65. The first-order valence-corrected chi connectivity index (χ1v) is 8.34. The highest BCUT2D eigenvalue weighted by Crippen LogP contribution is 2.16. The Morgan fingerprint density at radius 1 is 1.12 bits per heavy atom. The molecule has 0 bridgehead atoms. The number of hydrogen-bond donors (Lipinski definition) is 2. The van der Waals surface area contributed by atoms with Crippen LogP contribution in [0.3, 0.4) is 0 Å². The number of benzene rings is 2. The maximum absolute atomic E-state index is 12.3. The van der Waals surface area contributed by atoms with E-state index >= 15 is 0 Å². The smallest absolute Gasteiger partial charge is 0.338 e. The highest BCUT2D eigenvalue weighted by Gasteiger charge is 2.22. The number of ether oxygens (including phenoxy) is 1. The summed E-state index contributed by atoms with van der Waals surface area (Å²) in [5, 5.41) is 2.75. The Morgan fingerprint density at radius 3 is 2.46 bits per heavy atom. The summed E-state index contributed by atoms with van der Waals surface area (Å²) in [4.78, 5) is 31.8. The zero-order chi connectivity index (χ0) is 18.4. The Balaban J connectivity index is 1.64. The second-order valence-electron chi connectivity index (χ2n) is 5.67. The van der Waals surface area contributed by atoms with Gasteiger partial charge in [-0.05, 0) is 30.7 Å². The van der Waals surface area contributed by atoms with E-state index in [0.717, 1.165) is 11.4 Å². The van der Waals surface area contributed by atoms with Crippen LogP contribution in [0.4, 0.5) is 5.69 Å². The fourth-order valence-electron chi connectivity index (χ4n) is 2.45. The number of carbonyl (C=O) groups is 2. The Labute approximate surface area is 151 Å². The summed E-state index contributed by atoms with van der Waals surface area (Å²) in [6.45, 7) is 1.79. The molecule has 0 aliphatic heterocycles. The molecular formula is C20H19N3O3. The van der Waals surface area contributed by atoms with Crippen molar-refractivity contribution >= 4 is 17.6 Å². The second kappa shape index (κ2) is 8.11. The molecule has 1 unspecified atom stereocenters. The molecule has 0 fully saturated rings. The lowest BCUT2D eigenvalue weighted by molar-refractivity contribution is -0.124. The van der Waals surface area contributed by atoms with Gasteiger partial charge in [0.05, 0.1) is 5.56 Å². The standard InChI is InChI=1S/C20H19N3O3/c1-2-17(19(24)23-16-6-4-3-5-7-16)26-20(25)15-10-8-14(9-11-15)18-21-12-13-22-18/h3-13,17H,2H2,1H3,(H,21,22)(H,23,24). The van der Waals surface area contributed by atoms with E-state index in [1.54, 1.807) is 55.7 Å². The van der Waals surface area contributed by atoms with Crippen LogP contribution in [-0.2, 0) is 9.53 Å². The maximum atomic E-state index is 12.3. The molecule has 6 heteroatoms. The van der Waals surface area contributed by atoms with E-state index in [4.69, 9.17) is 4.74 Å². The van der Waals surface area contributed by atoms with Crippen LogP contribution >= 0.6 is 0 Å². The van der Waals surface area contributed by atoms with Gasteiger partial charge in [-0.25, -0.2) is 9.78 Å². The number of nitrogens with one attached hydrogen (secondary N) is 2. The zero-order valence-electron chi connectivity index (χ0n) is 14.3. The molecule has 26 heavy (non-hydrogen) atoms. The van der Waals surface area contributed by atoms with Gasteiger partial charge >= 0.3 is 5.97 Å².